The normalized spacial score (nSPS) is 11.2. The van der Waals surface area contributed by atoms with Gasteiger partial charge in [-0.15, -0.1) is 0 Å². The summed E-state index contributed by atoms with van der Waals surface area (Å²) in [5.74, 6) is -0.258. The maximum Gasteiger partial charge on any atom is 1.00 e. The first-order chi connectivity index (χ1) is 24.2. The summed E-state index contributed by atoms with van der Waals surface area (Å²) in [6, 6.07) is 0. The summed E-state index contributed by atoms with van der Waals surface area (Å²) >= 11 is 0. The molecule has 0 spiro atoms. The van der Waals surface area contributed by atoms with Crippen molar-refractivity contribution in [3.8, 4) is 0 Å². The summed E-state index contributed by atoms with van der Waals surface area (Å²) in [5, 5.41) is 0. The van der Waals surface area contributed by atoms with Gasteiger partial charge < -0.3 is 4.28 Å². The van der Waals surface area contributed by atoms with E-state index in [1.165, 1.54) is 77.0 Å². The molecule has 0 aromatic rings. The van der Waals surface area contributed by atoms with Gasteiger partial charge >= 0.3 is 99.1 Å². The second-order valence-electron chi connectivity index (χ2n) is 13.2. The van der Waals surface area contributed by atoms with Gasteiger partial charge in [0.05, 0.1) is 23.9 Å². The quantitative estimate of drug-likeness (QED) is 0.0426. The Kier molecular flexibility index (Phi) is 66.8. The molecular formula is C35H81Na3O13S4. The molecule has 4 N–H and O–H groups in total. The SMILES string of the molecule is CCCCCCCCCCCCOS(=O)(=O)O.CCCCCCCCCCS(=O)(=O)O.CCCCCCCS(=O)(=O)O.CCCCCCS(=O)(=O)O.[H-].[H-].[H-].[Na+].[Na+].[Na+]. The Hall–Kier alpha value is 2.60. The van der Waals surface area contributed by atoms with E-state index in [1.807, 2.05) is 6.92 Å². The molecular weight excluding hydrogens is 826 g/mol. The minimum Gasteiger partial charge on any atom is -1.00 e. The fraction of sp³-hybridized carbons (Fsp3) is 1.00. The summed E-state index contributed by atoms with van der Waals surface area (Å²) < 4.78 is 120. The van der Waals surface area contributed by atoms with Crippen molar-refractivity contribution in [2.45, 2.75) is 201 Å². The zero-order valence-corrected chi connectivity index (χ0v) is 45.3. The van der Waals surface area contributed by atoms with E-state index >= 15 is 0 Å². The van der Waals surface area contributed by atoms with Gasteiger partial charge in [0.15, 0.2) is 0 Å². The molecule has 326 valence electrons. The van der Waals surface area contributed by atoms with Gasteiger partial charge in [0.2, 0.25) is 0 Å². The predicted octanol–water partition coefficient (Wildman–Crippen LogP) is 1.39. The molecule has 0 saturated heterocycles. The first-order valence-corrected chi connectivity index (χ1v) is 25.9. The van der Waals surface area contributed by atoms with Crippen molar-refractivity contribution >= 4 is 40.8 Å². The van der Waals surface area contributed by atoms with Crippen molar-refractivity contribution in [1.29, 1.82) is 0 Å². The van der Waals surface area contributed by atoms with Gasteiger partial charge in [0, 0.05) is 0 Å². The van der Waals surface area contributed by atoms with E-state index in [9.17, 15) is 33.7 Å². The van der Waals surface area contributed by atoms with Crippen molar-refractivity contribution in [3.63, 3.8) is 0 Å². The smallest absolute Gasteiger partial charge is 1.00 e. The molecule has 0 atom stereocenters. The van der Waals surface area contributed by atoms with Crippen LogP contribution in [0.25, 0.3) is 0 Å². The minimum atomic E-state index is -4.23. The summed E-state index contributed by atoms with van der Waals surface area (Å²) in [7, 11) is -15.4. The van der Waals surface area contributed by atoms with E-state index in [-0.39, 0.29) is 117 Å². The molecule has 13 nitrogen and oxygen atoms in total. The molecule has 0 amide bonds. The third-order valence-corrected chi connectivity index (χ3v) is 10.6. The van der Waals surface area contributed by atoms with Crippen LogP contribution in [0.5, 0.6) is 0 Å². The van der Waals surface area contributed by atoms with Crippen LogP contribution in [0, 0.1) is 0 Å². The summed E-state index contributed by atoms with van der Waals surface area (Å²) in [4.78, 5) is 0. The Bertz CT molecular complexity index is 1190. The molecule has 0 saturated carbocycles. The van der Waals surface area contributed by atoms with E-state index in [2.05, 4.69) is 25.0 Å². The Balaban J connectivity index is -0.0000000652. The molecule has 0 heterocycles. The Morgan fingerprint density at radius 1 is 0.327 bits per heavy atom. The average Bonchev–Trinajstić information content (AvgIpc) is 3.02. The number of hydrogen-bond acceptors (Lipinski definition) is 9. The van der Waals surface area contributed by atoms with Crippen molar-refractivity contribution in [1.82, 2.24) is 0 Å². The van der Waals surface area contributed by atoms with Crippen molar-refractivity contribution in [3.05, 3.63) is 0 Å². The second-order valence-corrected chi connectivity index (χ2v) is 19.0. The third kappa shape index (κ3) is 93.0. The predicted molar refractivity (Wildman–Crippen MR) is 217 cm³/mol. The molecule has 0 radical (unpaired) electrons. The van der Waals surface area contributed by atoms with Gasteiger partial charge in [-0.1, -0.05) is 175 Å². The zero-order valence-electron chi connectivity index (χ0n) is 39.0. The third-order valence-electron chi connectivity index (χ3n) is 7.75. The van der Waals surface area contributed by atoms with Crippen molar-refractivity contribution < 1.29 is 149 Å². The minimum absolute atomic E-state index is 0. The molecule has 0 rings (SSSR count). The van der Waals surface area contributed by atoms with Gasteiger partial charge in [0.1, 0.15) is 0 Å². The van der Waals surface area contributed by atoms with Gasteiger partial charge in [-0.05, 0) is 25.7 Å². The monoisotopic (exact) mass is 906 g/mol. The topological polar surface area (TPSA) is 227 Å². The Labute approximate surface area is 410 Å². The molecule has 0 unspecified atom stereocenters. The van der Waals surface area contributed by atoms with E-state index in [0.717, 1.165) is 70.6 Å². The van der Waals surface area contributed by atoms with Crippen LogP contribution >= 0.6 is 0 Å². The maximum absolute atomic E-state index is 10.4. The molecule has 0 bridgehead atoms. The van der Waals surface area contributed by atoms with Crippen LogP contribution in [0.15, 0.2) is 0 Å². The van der Waals surface area contributed by atoms with E-state index in [1.54, 1.807) is 0 Å². The van der Waals surface area contributed by atoms with Gasteiger partial charge in [0.25, 0.3) is 30.4 Å². The Morgan fingerprint density at radius 3 is 0.709 bits per heavy atom. The van der Waals surface area contributed by atoms with Crippen LogP contribution in [0.3, 0.4) is 0 Å². The second kappa shape index (κ2) is 51.0. The summed E-state index contributed by atoms with van der Waals surface area (Å²) in [5.41, 5.74) is 0. The molecule has 0 aromatic heterocycles. The average molecular weight is 907 g/mol. The van der Waals surface area contributed by atoms with Crippen LogP contribution in [0.1, 0.15) is 205 Å². The van der Waals surface area contributed by atoms with E-state index < -0.39 is 40.8 Å². The first kappa shape index (κ1) is 72.1. The fourth-order valence-corrected chi connectivity index (χ4v) is 6.81. The molecule has 20 heteroatoms. The molecule has 55 heavy (non-hydrogen) atoms. The number of hydrogen-bond donors (Lipinski definition) is 4. The van der Waals surface area contributed by atoms with E-state index in [0.29, 0.717) is 25.7 Å². The van der Waals surface area contributed by atoms with Crippen molar-refractivity contribution in [2.24, 2.45) is 0 Å². The molecule has 0 aliphatic rings. The van der Waals surface area contributed by atoms with Crippen molar-refractivity contribution in [2.75, 3.05) is 23.9 Å². The van der Waals surface area contributed by atoms with Gasteiger partial charge in [-0.2, -0.15) is 33.7 Å². The van der Waals surface area contributed by atoms with Crippen LogP contribution in [0.4, 0.5) is 0 Å². The molecule has 0 aliphatic heterocycles. The van der Waals surface area contributed by atoms with Crippen LogP contribution in [-0.2, 0) is 44.9 Å². The van der Waals surface area contributed by atoms with Gasteiger partial charge in [-0.25, -0.2) is 4.18 Å². The molecule has 0 fully saturated rings. The number of unbranched alkanes of at least 4 members (excludes halogenated alkanes) is 23. The van der Waals surface area contributed by atoms with Crippen LogP contribution in [-0.4, -0.2) is 75.7 Å². The maximum atomic E-state index is 10.4. The first-order valence-electron chi connectivity index (χ1n) is 19.7. The molecule has 0 aliphatic carbocycles. The van der Waals surface area contributed by atoms with E-state index in [4.69, 9.17) is 18.2 Å². The largest absolute Gasteiger partial charge is 1.00 e. The van der Waals surface area contributed by atoms with Gasteiger partial charge in [-0.3, -0.25) is 18.2 Å². The van der Waals surface area contributed by atoms with Crippen LogP contribution < -0.4 is 88.7 Å². The Morgan fingerprint density at radius 2 is 0.509 bits per heavy atom. The molecule has 0 aromatic carbocycles. The number of rotatable bonds is 32. The van der Waals surface area contributed by atoms with Crippen LogP contribution in [0.2, 0.25) is 0 Å². The standard InChI is InChI=1S/C12H26O4S.C10H22O3S.C7H16O3S.C6H14O3S.3Na.3H/c1-2-3-4-5-6-7-8-9-10-11-12-16-17(13,14)15;1-2-3-4-5-6-7-8-9-10-14(11,12)13;1-2-3-4-5-6-7-11(8,9)10;1-2-3-4-5-6-10(7,8)9;;;;;;/h2-12H2,1H3,(H,13,14,15);2-10H2,1H3,(H,11,12,13);2-7H2,1H3,(H,8,9,10);2-6H2,1H3,(H,7,8,9);;;;;;/q;;;;3*+1;3*-1. The summed E-state index contributed by atoms with van der Waals surface area (Å²) in [6.45, 7) is 8.65. The summed E-state index contributed by atoms with van der Waals surface area (Å²) in [6.07, 6.45) is 29.1. The zero-order chi connectivity index (χ0) is 40.6. The fourth-order valence-electron chi connectivity index (χ4n) is 4.77.